The highest BCUT2D eigenvalue weighted by Crippen LogP contribution is 2.25. The molecule has 0 saturated carbocycles. The third kappa shape index (κ3) is 2.41. The number of nitro benzene ring substituents is 1. The monoisotopic (exact) mass is 244 g/mol. The Kier molecular flexibility index (Phi) is 3.15. The first kappa shape index (κ1) is 11.5. The number of nitrogens with one attached hydrogen (secondary N) is 2. The van der Waals surface area contributed by atoms with Gasteiger partial charge in [-0.25, -0.2) is 4.98 Å². The number of nitro groups is 1. The van der Waals surface area contributed by atoms with Crippen molar-refractivity contribution in [1.82, 2.24) is 15.2 Å². The summed E-state index contributed by atoms with van der Waals surface area (Å²) in [4.78, 5) is 14.2. The Morgan fingerprint density at radius 2 is 2.39 bits per heavy atom. The molecule has 18 heavy (non-hydrogen) atoms. The molecule has 0 amide bonds. The SMILES string of the molecule is N#Cc1ccc(NCc2ncn[nH]2)c([N+](=O)[O-])c1. The second kappa shape index (κ2) is 4.92. The minimum atomic E-state index is -0.538. The molecule has 8 heteroatoms. The molecule has 0 fully saturated rings. The lowest BCUT2D eigenvalue weighted by Crippen LogP contribution is -2.04. The Balaban J connectivity index is 2.22. The molecule has 90 valence electrons. The van der Waals surface area contributed by atoms with Crippen molar-refractivity contribution in [3.63, 3.8) is 0 Å². The van der Waals surface area contributed by atoms with Gasteiger partial charge in [0.1, 0.15) is 17.8 Å². The molecule has 0 unspecified atom stereocenters. The van der Waals surface area contributed by atoms with E-state index in [0.29, 0.717) is 11.5 Å². The molecule has 0 aliphatic heterocycles. The average Bonchev–Trinajstić information content (AvgIpc) is 2.89. The fourth-order valence-electron chi connectivity index (χ4n) is 1.40. The highest BCUT2D eigenvalue weighted by Gasteiger charge is 2.14. The van der Waals surface area contributed by atoms with Gasteiger partial charge in [-0.3, -0.25) is 15.2 Å². The minimum absolute atomic E-state index is 0.145. The summed E-state index contributed by atoms with van der Waals surface area (Å²) in [6.07, 6.45) is 1.35. The zero-order valence-corrected chi connectivity index (χ0v) is 9.12. The van der Waals surface area contributed by atoms with E-state index in [4.69, 9.17) is 5.26 Å². The van der Waals surface area contributed by atoms with Gasteiger partial charge in [-0.05, 0) is 12.1 Å². The number of aromatic nitrogens is 3. The molecule has 1 aromatic carbocycles. The van der Waals surface area contributed by atoms with Crippen LogP contribution in [-0.2, 0) is 6.54 Å². The predicted molar refractivity (Wildman–Crippen MR) is 61.5 cm³/mol. The van der Waals surface area contributed by atoms with Gasteiger partial charge in [0.25, 0.3) is 5.69 Å². The molecule has 0 spiro atoms. The van der Waals surface area contributed by atoms with E-state index in [2.05, 4.69) is 20.5 Å². The van der Waals surface area contributed by atoms with Crippen molar-refractivity contribution in [3.05, 3.63) is 46.0 Å². The van der Waals surface area contributed by atoms with E-state index in [9.17, 15) is 10.1 Å². The molecule has 1 heterocycles. The average molecular weight is 244 g/mol. The molecule has 0 aliphatic rings. The number of benzene rings is 1. The van der Waals surface area contributed by atoms with Crippen LogP contribution in [0, 0.1) is 21.4 Å². The van der Waals surface area contributed by atoms with Crippen LogP contribution < -0.4 is 5.32 Å². The van der Waals surface area contributed by atoms with Crippen LogP contribution >= 0.6 is 0 Å². The van der Waals surface area contributed by atoms with Crippen LogP contribution in [0.2, 0.25) is 0 Å². The van der Waals surface area contributed by atoms with Gasteiger partial charge in [-0.15, -0.1) is 0 Å². The van der Waals surface area contributed by atoms with E-state index < -0.39 is 4.92 Å². The number of H-pyrrole nitrogens is 1. The van der Waals surface area contributed by atoms with Crippen molar-refractivity contribution >= 4 is 11.4 Å². The fraction of sp³-hybridized carbons (Fsp3) is 0.100. The quantitative estimate of drug-likeness (QED) is 0.615. The number of aromatic amines is 1. The van der Waals surface area contributed by atoms with E-state index in [1.54, 1.807) is 0 Å². The molecule has 1 aromatic heterocycles. The third-order valence-corrected chi connectivity index (χ3v) is 2.23. The Hall–Kier alpha value is -2.95. The molecule has 0 bridgehead atoms. The Labute approximate surface area is 101 Å². The van der Waals surface area contributed by atoms with Crippen molar-refractivity contribution in [3.8, 4) is 6.07 Å². The lowest BCUT2D eigenvalue weighted by molar-refractivity contribution is -0.384. The molecule has 0 atom stereocenters. The smallest absolute Gasteiger partial charge is 0.293 e. The molecular formula is C10H8N6O2. The standard InChI is InChI=1S/C10H8N6O2/c11-4-7-1-2-8(9(3-7)16(17)18)12-5-10-13-6-14-15-10/h1-3,6,12H,5H2,(H,13,14,15). The van der Waals surface area contributed by atoms with E-state index in [0.717, 1.165) is 0 Å². The molecule has 0 radical (unpaired) electrons. The summed E-state index contributed by atoms with van der Waals surface area (Å²) in [5, 5.41) is 28.7. The predicted octanol–water partition coefficient (Wildman–Crippen LogP) is 1.20. The van der Waals surface area contributed by atoms with Gasteiger partial charge in [-0.2, -0.15) is 10.4 Å². The fourth-order valence-corrected chi connectivity index (χ4v) is 1.40. The van der Waals surface area contributed by atoms with Gasteiger partial charge in [0.05, 0.1) is 23.1 Å². The number of hydrogen-bond donors (Lipinski definition) is 2. The molecule has 2 aromatic rings. The first-order chi connectivity index (χ1) is 8.70. The largest absolute Gasteiger partial charge is 0.372 e. The van der Waals surface area contributed by atoms with Crippen LogP contribution in [0.3, 0.4) is 0 Å². The summed E-state index contributed by atoms with van der Waals surface area (Å²) in [5.41, 5.74) is 0.427. The molecule has 0 saturated heterocycles. The Morgan fingerprint density at radius 1 is 1.56 bits per heavy atom. The maximum atomic E-state index is 10.9. The third-order valence-electron chi connectivity index (χ3n) is 2.23. The summed E-state index contributed by atoms with van der Waals surface area (Å²) in [6, 6.07) is 6.09. The van der Waals surface area contributed by atoms with Crippen molar-refractivity contribution in [2.75, 3.05) is 5.32 Å². The number of nitriles is 1. The van der Waals surface area contributed by atoms with E-state index in [1.807, 2.05) is 6.07 Å². The van der Waals surface area contributed by atoms with E-state index in [-0.39, 0.29) is 17.8 Å². The first-order valence-electron chi connectivity index (χ1n) is 4.97. The van der Waals surface area contributed by atoms with Crippen molar-refractivity contribution < 1.29 is 4.92 Å². The zero-order chi connectivity index (χ0) is 13.0. The van der Waals surface area contributed by atoms with Crippen LogP contribution in [0.15, 0.2) is 24.5 Å². The number of nitrogens with zero attached hydrogens (tertiary/aromatic N) is 4. The van der Waals surface area contributed by atoms with Crippen molar-refractivity contribution in [2.45, 2.75) is 6.54 Å². The van der Waals surface area contributed by atoms with E-state index >= 15 is 0 Å². The zero-order valence-electron chi connectivity index (χ0n) is 9.12. The molecular weight excluding hydrogens is 236 g/mol. The lowest BCUT2D eigenvalue weighted by Gasteiger charge is -2.05. The highest BCUT2D eigenvalue weighted by molar-refractivity contribution is 5.63. The van der Waals surface area contributed by atoms with Gasteiger partial charge in [-0.1, -0.05) is 0 Å². The molecule has 0 aliphatic carbocycles. The maximum absolute atomic E-state index is 10.9. The number of hydrogen-bond acceptors (Lipinski definition) is 6. The molecule has 2 rings (SSSR count). The second-order valence-electron chi connectivity index (χ2n) is 3.39. The summed E-state index contributed by atoms with van der Waals surface area (Å²) >= 11 is 0. The van der Waals surface area contributed by atoms with Crippen LogP contribution in [-0.4, -0.2) is 20.1 Å². The molecule has 8 nitrogen and oxygen atoms in total. The summed E-state index contributed by atoms with van der Waals surface area (Å²) < 4.78 is 0. The van der Waals surface area contributed by atoms with Crippen LogP contribution in [0.4, 0.5) is 11.4 Å². The van der Waals surface area contributed by atoms with Gasteiger partial charge >= 0.3 is 0 Å². The Bertz CT molecular complexity index is 601. The first-order valence-corrected chi connectivity index (χ1v) is 4.97. The van der Waals surface area contributed by atoms with Crippen LogP contribution in [0.25, 0.3) is 0 Å². The number of anilines is 1. The summed E-state index contributed by atoms with van der Waals surface area (Å²) in [5.74, 6) is 0.564. The van der Waals surface area contributed by atoms with Crippen LogP contribution in [0.1, 0.15) is 11.4 Å². The topological polar surface area (TPSA) is 121 Å². The van der Waals surface area contributed by atoms with Crippen molar-refractivity contribution in [1.29, 1.82) is 5.26 Å². The summed E-state index contributed by atoms with van der Waals surface area (Å²) in [7, 11) is 0. The molecule has 2 N–H and O–H groups in total. The van der Waals surface area contributed by atoms with Crippen LogP contribution in [0.5, 0.6) is 0 Å². The van der Waals surface area contributed by atoms with Gasteiger partial charge in [0.15, 0.2) is 0 Å². The second-order valence-corrected chi connectivity index (χ2v) is 3.39. The van der Waals surface area contributed by atoms with Crippen molar-refractivity contribution in [2.24, 2.45) is 0 Å². The summed E-state index contributed by atoms with van der Waals surface area (Å²) in [6.45, 7) is 0.284. The van der Waals surface area contributed by atoms with Gasteiger partial charge in [0.2, 0.25) is 0 Å². The number of rotatable bonds is 4. The Morgan fingerprint density at radius 3 is 3.00 bits per heavy atom. The minimum Gasteiger partial charge on any atom is -0.372 e. The lowest BCUT2D eigenvalue weighted by atomic mass is 10.2. The van der Waals surface area contributed by atoms with Gasteiger partial charge in [0, 0.05) is 6.07 Å². The normalized spacial score (nSPS) is 9.72. The van der Waals surface area contributed by atoms with Gasteiger partial charge < -0.3 is 5.32 Å². The van der Waals surface area contributed by atoms with E-state index in [1.165, 1.54) is 24.5 Å². The highest BCUT2D eigenvalue weighted by atomic mass is 16.6. The maximum Gasteiger partial charge on any atom is 0.293 e.